The lowest BCUT2D eigenvalue weighted by molar-refractivity contribution is -0.125. The van der Waals surface area contributed by atoms with Gasteiger partial charge in [-0.25, -0.2) is 9.18 Å². The van der Waals surface area contributed by atoms with E-state index in [1.807, 2.05) is 0 Å². The normalized spacial score (nSPS) is 24.3. The Balaban J connectivity index is 1.41. The van der Waals surface area contributed by atoms with E-state index < -0.39 is 34.7 Å². The Labute approximate surface area is 220 Å². The highest BCUT2D eigenvalue weighted by molar-refractivity contribution is 6.11. The average Bonchev–Trinajstić information content (AvgIpc) is 3.58. The van der Waals surface area contributed by atoms with Crippen molar-refractivity contribution in [2.45, 2.75) is 37.9 Å². The third-order valence-electron chi connectivity index (χ3n) is 7.74. The number of hydrogen-bond acceptors (Lipinski definition) is 7. The van der Waals surface area contributed by atoms with Crippen LogP contribution < -0.4 is 20.7 Å². The Hall–Kier alpha value is -4.74. The van der Waals surface area contributed by atoms with E-state index >= 15 is 0 Å². The van der Waals surface area contributed by atoms with Crippen molar-refractivity contribution in [2.75, 3.05) is 13.7 Å². The van der Waals surface area contributed by atoms with Crippen LogP contribution in [-0.4, -0.2) is 48.1 Å². The molecule has 200 valence electrons. The van der Waals surface area contributed by atoms with Gasteiger partial charge in [0.25, 0.3) is 11.8 Å². The van der Waals surface area contributed by atoms with Gasteiger partial charge >= 0.3 is 6.03 Å². The van der Waals surface area contributed by atoms with E-state index in [4.69, 9.17) is 9.15 Å². The van der Waals surface area contributed by atoms with E-state index in [1.165, 1.54) is 18.1 Å². The van der Waals surface area contributed by atoms with Crippen molar-refractivity contribution in [2.24, 2.45) is 0 Å². The van der Waals surface area contributed by atoms with Crippen LogP contribution in [0, 0.1) is 12.7 Å². The number of amides is 5. The van der Waals surface area contributed by atoms with E-state index in [2.05, 4.69) is 16.0 Å². The number of nitrogens with zero attached hydrogens (tertiary/aromatic N) is 1. The molecule has 1 aromatic heterocycles. The molecule has 2 atom stereocenters. The molecular formula is C27H23FN4O7. The summed E-state index contributed by atoms with van der Waals surface area (Å²) in [5.74, 6) is -2.88. The van der Waals surface area contributed by atoms with Crippen molar-refractivity contribution in [1.29, 1.82) is 0 Å². The minimum atomic E-state index is -1.80. The Morgan fingerprint density at radius 3 is 2.51 bits per heavy atom. The number of ketones is 1. The molecule has 0 radical (unpaired) electrons. The summed E-state index contributed by atoms with van der Waals surface area (Å²) in [7, 11) is 1.29. The predicted molar refractivity (Wildman–Crippen MR) is 132 cm³/mol. The molecule has 4 heterocycles. The first-order valence-corrected chi connectivity index (χ1v) is 12.1. The number of hydrogen-bond donors (Lipinski definition) is 3. The molecule has 1 unspecified atom stereocenters. The maximum Gasteiger partial charge on any atom is 0.322 e. The third kappa shape index (κ3) is 3.44. The van der Waals surface area contributed by atoms with Gasteiger partial charge in [0.2, 0.25) is 5.91 Å². The molecule has 3 aliphatic rings. The highest BCUT2D eigenvalue weighted by Gasteiger charge is 2.53. The van der Waals surface area contributed by atoms with E-state index in [0.717, 1.165) is 0 Å². The van der Waals surface area contributed by atoms with Crippen molar-refractivity contribution in [3.05, 3.63) is 64.2 Å². The largest absolute Gasteiger partial charge is 0.494 e. The fraction of sp³-hybridized carbons (Fsp3) is 0.296. The molecular weight excluding hydrogens is 511 g/mol. The maximum absolute atomic E-state index is 14.9. The zero-order valence-electron chi connectivity index (χ0n) is 21.2. The van der Waals surface area contributed by atoms with Gasteiger partial charge in [0.1, 0.15) is 16.9 Å². The fourth-order valence-corrected chi connectivity index (χ4v) is 5.69. The van der Waals surface area contributed by atoms with Gasteiger partial charge in [-0.15, -0.1) is 0 Å². The SMILES string of the molecule is COc1ccc2c(c1F)C(=O)N(C[C@@]1(c3cc4cc(C5(C)NC(=O)CC5=O)c(C)cc4o3)NC(=O)NC1=O)C2. The van der Waals surface area contributed by atoms with Crippen LogP contribution in [0.15, 0.2) is 34.7 Å². The smallest absolute Gasteiger partial charge is 0.322 e. The number of nitrogens with one attached hydrogen (secondary N) is 3. The van der Waals surface area contributed by atoms with Crippen molar-refractivity contribution < 1.29 is 37.5 Å². The maximum atomic E-state index is 14.9. The lowest BCUT2D eigenvalue weighted by Crippen LogP contribution is -2.52. The van der Waals surface area contributed by atoms with Gasteiger partial charge in [-0.05, 0) is 54.8 Å². The van der Waals surface area contributed by atoms with E-state index in [0.29, 0.717) is 27.7 Å². The second kappa shape index (κ2) is 8.13. The van der Waals surface area contributed by atoms with Crippen LogP contribution in [0.2, 0.25) is 0 Å². The molecule has 0 saturated carbocycles. The second-order valence-corrected chi connectivity index (χ2v) is 10.2. The zero-order valence-corrected chi connectivity index (χ0v) is 21.2. The summed E-state index contributed by atoms with van der Waals surface area (Å²) in [6, 6.07) is 7.14. The Morgan fingerprint density at radius 2 is 1.87 bits per heavy atom. The van der Waals surface area contributed by atoms with Gasteiger partial charge in [-0.2, -0.15) is 0 Å². The first kappa shape index (κ1) is 24.6. The van der Waals surface area contributed by atoms with Gasteiger partial charge < -0.3 is 24.7 Å². The molecule has 2 fully saturated rings. The fourth-order valence-electron chi connectivity index (χ4n) is 5.69. The number of ether oxygens (including phenoxy) is 1. The standard InChI is InChI=1S/C27H23FN4O7/c1-12-6-17-14(7-15(12)26(2)18(33)9-20(34)30-26)8-19(39-17)27(24(36)29-25(37)31-27)11-32-10-13-4-5-16(38-3)22(28)21(13)23(32)35/h4-8H,9-11H2,1-3H3,(H,30,34)(H2,29,31,36,37)/t26?,27-/m0/s1. The lowest BCUT2D eigenvalue weighted by Gasteiger charge is -2.29. The summed E-state index contributed by atoms with van der Waals surface area (Å²) in [6.45, 7) is 3.07. The summed E-state index contributed by atoms with van der Waals surface area (Å²) in [5, 5.41) is 8.04. The number of benzene rings is 2. The number of urea groups is 1. The predicted octanol–water partition coefficient (Wildman–Crippen LogP) is 1.88. The number of imide groups is 1. The third-order valence-corrected chi connectivity index (χ3v) is 7.74. The first-order chi connectivity index (χ1) is 18.5. The van der Waals surface area contributed by atoms with E-state index in [9.17, 15) is 28.4 Å². The average molecular weight is 535 g/mol. The minimum Gasteiger partial charge on any atom is -0.494 e. The minimum absolute atomic E-state index is 0.00360. The number of halogens is 1. The number of Topliss-reactive ketones (excluding diaryl/α,β-unsaturated/α-hetero) is 1. The van der Waals surface area contributed by atoms with E-state index in [-0.39, 0.29) is 48.3 Å². The molecule has 2 saturated heterocycles. The Morgan fingerprint density at radius 1 is 1.10 bits per heavy atom. The summed E-state index contributed by atoms with van der Waals surface area (Å²) >= 11 is 0. The number of fused-ring (bicyclic) bond motifs is 2. The Kier molecular flexibility index (Phi) is 5.12. The first-order valence-electron chi connectivity index (χ1n) is 12.1. The van der Waals surface area contributed by atoms with Gasteiger partial charge in [0.05, 0.1) is 25.6 Å². The van der Waals surface area contributed by atoms with Crippen molar-refractivity contribution in [1.82, 2.24) is 20.9 Å². The molecule has 2 aromatic carbocycles. The molecule has 0 aliphatic carbocycles. The second-order valence-electron chi connectivity index (χ2n) is 10.2. The van der Waals surface area contributed by atoms with Crippen molar-refractivity contribution in [3.8, 4) is 5.75 Å². The van der Waals surface area contributed by atoms with Gasteiger partial charge in [0.15, 0.2) is 22.9 Å². The van der Waals surface area contributed by atoms with E-state index in [1.54, 1.807) is 38.1 Å². The molecule has 0 spiro atoms. The number of aryl methyl sites for hydroxylation is 1. The highest BCUT2D eigenvalue weighted by Crippen LogP contribution is 2.38. The topological polar surface area (TPSA) is 147 Å². The summed E-state index contributed by atoms with van der Waals surface area (Å²) in [5.41, 5.74) is -1.15. The van der Waals surface area contributed by atoms with Crippen molar-refractivity contribution >= 4 is 40.5 Å². The molecule has 11 nitrogen and oxygen atoms in total. The van der Waals surface area contributed by atoms with Gasteiger partial charge in [0, 0.05) is 11.9 Å². The van der Waals surface area contributed by atoms with Gasteiger partial charge in [-0.3, -0.25) is 24.5 Å². The molecule has 6 rings (SSSR count). The van der Waals surface area contributed by atoms with Crippen molar-refractivity contribution in [3.63, 3.8) is 0 Å². The van der Waals surface area contributed by atoms with Crippen LogP contribution in [0.25, 0.3) is 11.0 Å². The molecule has 39 heavy (non-hydrogen) atoms. The zero-order chi connectivity index (χ0) is 27.9. The molecule has 3 N–H and O–H groups in total. The molecule has 3 aliphatic heterocycles. The molecule has 0 bridgehead atoms. The van der Waals surface area contributed by atoms with Gasteiger partial charge in [-0.1, -0.05) is 6.07 Å². The number of carbonyl (C=O) groups is 5. The van der Waals surface area contributed by atoms with Crippen LogP contribution >= 0.6 is 0 Å². The van der Waals surface area contributed by atoms with Crippen LogP contribution in [0.3, 0.4) is 0 Å². The summed E-state index contributed by atoms with van der Waals surface area (Å²) in [4.78, 5) is 64.6. The Bertz CT molecular complexity index is 1660. The van der Waals surface area contributed by atoms with Crippen LogP contribution in [0.1, 0.15) is 46.2 Å². The summed E-state index contributed by atoms with van der Waals surface area (Å²) < 4.78 is 26.0. The molecule has 5 amide bonds. The summed E-state index contributed by atoms with van der Waals surface area (Å²) in [6.07, 6.45) is -0.224. The number of furan rings is 1. The monoisotopic (exact) mass is 534 g/mol. The quantitative estimate of drug-likeness (QED) is 0.335. The van der Waals surface area contributed by atoms with Crippen LogP contribution in [-0.2, 0) is 32.0 Å². The van der Waals surface area contributed by atoms with Crippen LogP contribution in [0.5, 0.6) is 5.75 Å². The molecule has 12 heteroatoms. The number of methoxy groups -OCH3 is 1. The molecule has 3 aromatic rings. The van der Waals surface area contributed by atoms with Crippen LogP contribution in [0.4, 0.5) is 9.18 Å². The number of carbonyl (C=O) groups excluding carboxylic acids is 5. The number of rotatable bonds is 5. The lowest BCUT2D eigenvalue weighted by atomic mass is 9.85. The highest BCUT2D eigenvalue weighted by atomic mass is 19.1.